The molecule has 2 N–H and O–H groups in total. The fraction of sp³-hybridized carbons (Fsp3) is 0.211. The number of urea groups is 1. The zero-order valence-corrected chi connectivity index (χ0v) is 15.3. The average Bonchev–Trinajstić information content (AvgIpc) is 2.85. The van der Waals surface area contributed by atoms with E-state index in [0.29, 0.717) is 11.3 Å². The molecule has 140 valence electrons. The summed E-state index contributed by atoms with van der Waals surface area (Å²) in [6.07, 6.45) is 1.35. The highest BCUT2D eigenvalue weighted by atomic mass is 32.2. The van der Waals surface area contributed by atoms with Gasteiger partial charge in [-0.3, -0.25) is 9.59 Å². The summed E-state index contributed by atoms with van der Waals surface area (Å²) in [6.45, 7) is 0.0227. The first-order chi connectivity index (χ1) is 12.9. The molecule has 1 saturated heterocycles. The van der Waals surface area contributed by atoms with Crippen LogP contribution < -0.4 is 4.90 Å². The quantitative estimate of drug-likeness (QED) is 0.585. The Hall–Kier alpha value is -3.00. The van der Waals surface area contributed by atoms with Crippen molar-refractivity contribution in [1.82, 2.24) is 4.90 Å². The highest BCUT2D eigenvalue weighted by Gasteiger charge is 2.47. The number of carboxylic acids is 1. The molecule has 7 nitrogen and oxygen atoms in total. The summed E-state index contributed by atoms with van der Waals surface area (Å²) in [4.78, 5) is 40.3. The van der Waals surface area contributed by atoms with Crippen molar-refractivity contribution in [3.63, 3.8) is 0 Å². The Balaban J connectivity index is 1.99. The van der Waals surface area contributed by atoms with Crippen LogP contribution in [-0.2, 0) is 16.1 Å². The number of nitrogens with zero attached hydrogens (tertiary/aromatic N) is 2. The van der Waals surface area contributed by atoms with Gasteiger partial charge >= 0.3 is 12.0 Å². The predicted octanol–water partition coefficient (Wildman–Crippen LogP) is 2.93. The van der Waals surface area contributed by atoms with E-state index in [-0.39, 0.29) is 12.3 Å². The Kier molecular flexibility index (Phi) is 5.36. The Morgan fingerprint density at radius 3 is 2.56 bits per heavy atom. The normalized spacial score (nSPS) is 16.9. The van der Waals surface area contributed by atoms with Crippen LogP contribution in [-0.4, -0.2) is 45.3 Å². The molecule has 27 heavy (non-hydrogen) atoms. The molecule has 1 fully saturated rings. The smallest absolute Gasteiger partial charge is 0.332 e. The van der Waals surface area contributed by atoms with E-state index in [1.54, 1.807) is 36.4 Å². The Morgan fingerprint density at radius 2 is 1.89 bits per heavy atom. The van der Waals surface area contributed by atoms with Gasteiger partial charge in [0, 0.05) is 11.4 Å². The predicted molar refractivity (Wildman–Crippen MR) is 101 cm³/mol. The van der Waals surface area contributed by atoms with Crippen LogP contribution in [0.3, 0.4) is 0 Å². The number of rotatable bonds is 6. The maximum absolute atomic E-state index is 13.0. The van der Waals surface area contributed by atoms with E-state index in [1.807, 2.05) is 6.26 Å². The monoisotopic (exact) mass is 386 g/mol. The van der Waals surface area contributed by atoms with Gasteiger partial charge in [-0.25, -0.2) is 9.69 Å². The molecule has 0 aromatic heterocycles. The van der Waals surface area contributed by atoms with Gasteiger partial charge in [-0.2, -0.15) is 0 Å². The highest BCUT2D eigenvalue weighted by Crippen LogP contribution is 2.34. The number of carbonyl (C=O) groups excluding carboxylic acids is 2. The molecule has 8 heteroatoms. The van der Waals surface area contributed by atoms with Crippen molar-refractivity contribution in [1.29, 1.82) is 0 Å². The first kappa shape index (κ1) is 18.8. The minimum absolute atomic E-state index is 0.0227. The number of phenolic OH excluding ortho intramolecular Hbond substituents is 1. The lowest BCUT2D eigenvalue weighted by molar-refractivity contribution is -0.140. The van der Waals surface area contributed by atoms with Crippen molar-refractivity contribution in [3.8, 4) is 5.75 Å². The zero-order chi connectivity index (χ0) is 19.6. The molecular formula is C19H18N2O5S. The van der Waals surface area contributed by atoms with E-state index in [9.17, 15) is 24.6 Å². The van der Waals surface area contributed by atoms with Gasteiger partial charge in [-0.05, 0) is 36.1 Å². The molecule has 0 aliphatic carbocycles. The summed E-state index contributed by atoms with van der Waals surface area (Å²) in [5.41, 5.74) is 1.04. The first-order valence-electron chi connectivity index (χ1n) is 8.19. The van der Waals surface area contributed by atoms with Crippen LogP contribution in [0.2, 0.25) is 0 Å². The third-order valence-electron chi connectivity index (χ3n) is 4.28. The summed E-state index contributed by atoms with van der Waals surface area (Å²) in [7, 11) is 0. The molecule has 2 aromatic carbocycles. The van der Waals surface area contributed by atoms with E-state index in [0.717, 1.165) is 9.80 Å². The minimum Gasteiger partial charge on any atom is -0.508 e. The number of carboxylic acid groups (broad SMARTS) is 1. The van der Waals surface area contributed by atoms with E-state index in [2.05, 4.69) is 0 Å². The number of thioether (sulfide) groups is 1. The maximum atomic E-state index is 13.0. The first-order valence-corrected chi connectivity index (χ1v) is 9.42. The second-order valence-electron chi connectivity index (χ2n) is 6.04. The average molecular weight is 386 g/mol. The van der Waals surface area contributed by atoms with Crippen LogP contribution in [0.25, 0.3) is 0 Å². The molecule has 1 aliphatic rings. The standard InChI is InChI=1S/C19H18N2O5S/c1-27-16-8-3-2-7-14(16)21-18(25)15(10-17(23)24)20(19(21)26)11-12-5-4-6-13(22)9-12/h2-9,15,22H,10-11H2,1H3,(H,23,24)/t15-/m0/s1. The third-order valence-corrected chi connectivity index (χ3v) is 5.06. The van der Waals surface area contributed by atoms with Crippen LogP contribution in [0.4, 0.5) is 10.5 Å². The van der Waals surface area contributed by atoms with E-state index < -0.39 is 30.4 Å². The molecule has 1 atom stereocenters. The molecule has 1 heterocycles. The number of aliphatic carboxylic acids is 1. The maximum Gasteiger partial charge on any atom is 0.332 e. The number of hydrogen-bond acceptors (Lipinski definition) is 5. The van der Waals surface area contributed by atoms with Gasteiger partial charge in [0.25, 0.3) is 5.91 Å². The molecule has 0 spiro atoms. The molecule has 0 bridgehead atoms. The number of imide groups is 1. The lowest BCUT2D eigenvalue weighted by Gasteiger charge is -2.21. The van der Waals surface area contributed by atoms with Crippen molar-refractivity contribution >= 4 is 35.4 Å². The molecule has 0 unspecified atom stereocenters. The molecule has 3 amide bonds. The summed E-state index contributed by atoms with van der Waals surface area (Å²) >= 11 is 1.39. The number of anilines is 1. The van der Waals surface area contributed by atoms with Crippen LogP contribution in [0.1, 0.15) is 12.0 Å². The van der Waals surface area contributed by atoms with Gasteiger partial charge in [0.1, 0.15) is 11.8 Å². The van der Waals surface area contributed by atoms with Gasteiger partial charge in [0.05, 0.1) is 12.1 Å². The SMILES string of the molecule is CSc1ccccc1N1C(=O)[C@H](CC(=O)O)N(Cc2cccc(O)c2)C1=O. The van der Waals surface area contributed by atoms with Crippen LogP contribution in [0, 0.1) is 0 Å². The number of benzene rings is 2. The van der Waals surface area contributed by atoms with Crippen molar-refractivity contribution in [2.45, 2.75) is 23.9 Å². The van der Waals surface area contributed by atoms with E-state index in [4.69, 9.17) is 0 Å². The van der Waals surface area contributed by atoms with Crippen molar-refractivity contribution in [3.05, 3.63) is 54.1 Å². The molecule has 2 aromatic rings. The van der Waals surface area contributed by atoms with Crippen LogP contribution in [0.15, 0.2) is 53.4 Å². The lowest BCUT2D eigenvalue weighted by Crippen LogP contribution is -2.36. The third kappa shape index (κ3) is 3.75. The van der Waals surface area contributed by atoms with Crippen molar-refractivity contribution < 1.29 is 24.6 Å². The van der Waals surface area contributed by atoms with Gasteiger partial charge in [0.2, 0.25) is 0 Å². The number of hydrogen-bond donors (Lipinski definition) is 2. The Labute approximate surface area is 160 Å². The zero-order valence-electron chi connectivity index (χ0n) is 14.5. The van der Waals surface area contributed by atoms with Crippen molar-refractivity contribution in [2.24, 2.45) is 0 Å². The van der Waals surface area contributed by atoms with E-state index in [1.165, 1.54) is 28.8 Å². The minimum atomic E-state index is -1.16. The van der Waals surface area contributed by atoms with Crippen molar-refractivity contribution in [2.75, 3.05) is 11.2 Å². The van der Waals surface area contributed by atoms with Gasteiger partial charge < -0.3 is 15.1 Å². The number of carbonyl (C=O) groups is 3. The summed E-state index contributed by atoms with van der Waals surface area (Å²) in [5.74, 6) is -1.70. The summed E-state index contributed by atoms with van der Waals surface area (Å²) < 4.78 is 0. The number of phenols is 1. The fourth-order valence-corrected chi connectivity index (χ4v) is 3.65. The van der Waals surface area contributed by atoms with E-state index >= 15 is 0 Å². The summed E-state index contributed by atoms with van der Waals surface area (Å²) in [5, 5.41) is 18.8. The van der Waals surface area contributed by atoms with Crippen LogP contribution in [0.5, 0.6) is 5.75 Å². The lowest BCUT2D eigenvalue weighted by atomic mass is 10.1. The Bertz CT molecular complexity index is 901. The van der Waals surface area contributed by atoms with Gasteiger partial charge in [-0.15, -0.1) is 11.8 Å². The topological polar surface area (TPSA) is 98.2 Å². The molecule has 3 rings (SSSR count). The number of para-hydroxylation sites is 1. The molecule has 1 aliphatic heterocycles. The second kappa shape index (κ2) is 7.71. The second-order valence-corrected chi connectivity index (χ2v) is 6.89. The molecule has 0 saturated carbocycles. The Morgan fingerprint density at radius 1 is 1.15 bits per heavy atom. The number of aromatic hydroxyl groups is 1. The number of amides is 3. The van der Waals surface area contributed by atoms with Crippen LogP contribution >= 0.6 is 11.8 Å². The highest BCUT2D eigenvalue weighted by molar-refractivity contribution is 7.98. The fourth-order valence-electron chi connectivity index (χ4n) is 3.07. The van der Waals surface area contributed by atoms with Gasteiger partial charge in [-0.1, -0.05) is 24.3 Å². The summed E-state index contributed by atoms with van der Waals surface area (Å²) in [6, 6.07) is 11.6. The molecular weight excluding hydrogens is 368 g/mol. The van der Waals surface area contributed by atoms with Gasteiger partial charge in [0.15, 0.2) is 0 Å². The molecule has 0 radical (unpaired) electrons. The largest absolute Gasteiger partial charge is 0.508 e.